The van der Waals surface area contributed by atoms with Crippen LogP contribution in [0.1, 0.15) is 6.42 Å². The Kier molecular flexibility index (Phi) is 4.30. The molecule has 12 heteroatoms. The van der Waals surface area contributed by atoms with Crippen molar-refractivity contribution in [2.75, 3.05) is 0 Å². The normalized spacial score (nSPS) is 14.4. The molecule has 0 amide bonds. The lowest BCUT2D eigenvalue weighted by molar-refractivity contribution is -0.273. The van der Waals surface area contributed by atoms with Crippen LogP contribution in [0.15, 0.2) is 0 Å². The first kappa shape index (κ1) is 17.6. The van der Waals surface area contributed by atoms with Gasteiger partial charge in [0.25, 0.3) is 0 Å². The molecule has 0 aliphatic carbocycles. The molecule has 0 N–H and O–H groups in total. The van der Waals surface area contributed by atoms with E-state index in [4.69, 9.17) is 0 Å². The van der Waals surface area contributed by atoms with Crippen LogP contribution in [0.5, 0.6) is 0 Å². The average Bonchev–Trinajstić information content (AvgIpc) is 2.13. The van der Waals surface area contributed by atoms with E-state index < -0.39 is 42.2 Å². The van der Waals surface area contributed by atoms with Crippen molar-refractivity contribution >= 4 is 11.6 Å². The Hall–Kier alpha value is -1.36. The van der Waals surface area contributed by atoms with E-state index in [0.29, 0.717) is 0 Å². The number of halogens is 10. The topological polar surface area (TPSA) is 34.1 Å². The first-order chi connectivity index (χ1) is 8.05. The van der Waals surface area contributed by atoms with Gasteiger partial charge in [-0.15, -0.1) is 0 Å². The Morgan fingerprint density at radius 3 is 0.947 bits per heavy atom. The summed E-state index contributed by atoms with van der Waals surface area (Å²) in [5.74, 6) is -19.2. The van der Waals surface area contributed by atoms with Gasteiger partial charge in [0.2, 0.25) is 11.6 Å². The van der Waals surface area contributed by atoms with E-state index in [9.17, 15) is 53.5 Å². The zero-order valence-electron chi connectivity index (χ0n) is 8.30. The maximum Gasteiger partial charge on any atom is 0.461 e. The standard InChI is InChI=1S/C7H2F10O2/c8-4(9,6(12,13)14)2(18)1-3(19)5(10,11)7(15,16)17/h1H2. The van der Waals surface area contributed by atoms with Gasteiger partial charge in [-0.1, -0.05) is 0 Å². The summed E-state index contributed by atoms with van der Waals surface area (Å²) in [6, 6.07) is 0. The zero-order valence-corrected chi connectivity index (χ0v) is 8.30. The zero-order chi connectivity index (χ0) is 15.9. The Morgan fingerprint density at radius 2 is 0.789 bits per heavy atom. The molecule has 0 aromatic rings. The lowest BCUT2D eigenvalue weighted by Gasteiger charge is -2.20. The summed E-state index contributed by atoms with van der Waals surface area (Å²) in [5.41, 5.74) is 0. The molecule has 0 radical (unpaired) electrons. The van der Waals surface area contributed by atoms with Crippen molar-refractivity contribution in [1.82, 2.24) is 0 Å². The maximum atomic E-state index is 12.2. The molecule has 0 heterocycles. The van der Waals surface area contributed by atoms with Crippen molar-refractivity contribution in [2.45, 2.75) is 30.6 Å². The summed E-state index contributed by atoms with van der Waals surface area (Å²) in [6.45, 7) is 0. The van der Waals surface area contributed by atoms with Crippen molar-refractivity contribution in [3.8, 4) is 0 Å². The quantitative estimate of drug-likeness (QED) is 0.591. The van der Waals surface area contributed by atoms with E-state index in [-0.39, 0.29) is 0 Å². The van der Waals surface area contributed by atoms with E-state index >= 15 is 0 Å². The molecule has 0 saturated heterocycles. The van der Waals surface area contributed by atoms with Crippen molar-refractivity contribution in [3.63, 3.8) is 0 Å². The highest BCUT2D eigenvalue weighted by Crippen LogP contribution is 2.40. The monoisotopic (exact) mass is 308 g/mol. The number of carbonyl (C=O) groups excluding carboxylic acids is 2. The van der Waals surface area contributed by atoms with Gasteiger partial charge in [0, 0.05) is 0 Å². The first-order valence-electron chi connectivity index (χ1n) is 4.01. The smallest absolute Gasteiger partial charge is 0.292 e. The summed E-state index contributed by atoms with van der Waals surface area (Å²) in [5, 5.41) is 0. The van der Waals surface area contributed by atoms with Crippen LogP contribution in [0.3, 0.4) is 0 Å². The van der Waals surface area contributed by atoms with Crippen LogP contribution < -0.4 is 0 Å². The summed E-state index contributed by atoms with van der Waals surface area (Å²) < 4.78 is 118. The highest BCUT2D eigenvalue weighted by molar-refractivity contribution is 6.05. The van der Waals surface area contributed by atoms with E-state index in [1.165, 1.54) is 0 Å². The SMILES string of the molecule is O=C(CC(=O)C(F)(F)C(F)(F)F)C(F)(F)C(F)(F)F. The van der Waals surface area contributed by atoms with E-state index in [2.05, 4.69) is 0 Å². The van der Waals surface area contributed by atoms with Crippen LogP contribution in [-0.4, -0.2) is 35.8 Å². The second-order valence-corrected chi connectivity index (χ2v) is 3.17. The third-order valence-corrected chi connectivity index (χ3v) is 1.73. The minimum Gasteiger partial charge on any atom is -0.292 e. The first-order valence-corrected chi connectivity index (χ1v) is 4.01. The lowest BCUT2D eigenvalue weighted by atomic mass is 10.0. The third kappa shape index (κ3) is 3.35. The summed E-state index contributed by atoms with van der Waals surface area (Å²) in [7, 11) is 0. The summed E-state index contributed by atoms with van der Waals surface area (Å²) in [4.78, 5) is 20.6. The minimum atomic E-state index is -6.50. The van der Waals surface area contributed by atoms with Gasteiger partial charge < -0.3 is 0 Å². The number of rotatable bonds is 4. The van der Waals surface area contributed by atoms with Crippen LogP contribution in [0.25, 0.3) is 0 Å². The lowest BCUT2D eigenvalue weighted by Crippen LogP contribution is -2.49. The number of ketones is 2. The Balaban J connectivity index is 5.11. The van der Waals surface area contributed by atoms with Gasteiger partial charge in [0.15, 0.2) is 0 Å². The number of Topliss-reactive ketones (excluding diaryl/α,β-unsaturated/α-hetero) is 2. The van der Waals surface area contributed by atoms with Gasteiger partial charge in [-0.05, 0) is 0 Å². The fourth-order valence-electron chi connectivity index (χ4n) is 0.684. The Labute approximate surface area is 96.9 Å². The van der Waals surface area contributed by atoms with Crippen LogP contribution in [-0.2, 0) is 9.59 Å². The second-order valence-electron chi connectivity index (χ2n) is 3.17. The highest BCUT2D eigenvalue weighted by Gasteiger charge is 2.67. The predicted octanol–water partition coefficient (Wildman–Crippen LogP) is 2.91. The van der Waals surface area contributed by atoms with Gasteiger partial charge >= 0.3 is 24.2 Å². The molecule has 0 rings (SSSR count). The van der Waals surface area contributed by atoms with Crippen molar-refractivity contribution in [3.05, 3.63) is 0 Å². The maximum absolute atomic E-state index is 12.2. The summed E-state index contributed by atoms with van der Waals surface area (Å²) >= 11 is 0. The second kappa shape index (κ2) is 4.63. The van der Waals surface area contributed by atoms with Crippen LogP contribution in [0.4, 0.5) is 43.9 Å². The highest BCUT2D eigenvalue weighted by atomic mass is 19.4. The van der Waals surface area contributed by atoms with Gasteiger partial charge in [0.05, 0.1) is 6.42 Å². The number of hydrogen-bond donors (Lipinski definition) is 0. The molecule has 0 unspecified atom stereocenters. The molecule has 0 aromatic carbocycles. The molecule has 2 nitrogen and oxygen atoms in total. The van der Waals surface area contributed by atoms with Gasteiger partial charge in [-0.3, -0.25) is 9.59 Å². The van der Waals surface area contributed by atoms with E-state index in [1.807, 2.05) is 0 Å². The minimum absolute atomic E-state index is 2.90. The molecule has 0 spiro atoms. The Bertz CT molecular complexity index is 340. The van der Waals surface area contributed by atoms with Gasteiger partial charge in [-0.25, -0.2) is 0 Å². The summed E-state index contributed by atoms with van der Waals surface area (Å²) in [6.07, 6.45) is -15.9. The molecule has 19 heavy (non-hydrogen) atoms. The van der Waals surface area contributed by atoms with Crippen molar-refractivity contribution in [2.24, 2.45) is 0 Å². The van der Waals surface area contributed by atoms with Crippen LogP contribution >= 0.6 is 0 Å². The fourth-order valence-corrected chi connectivity index (χ4v) is 0.684. The van der Waals surface area contributed by atoms with Crippen LogP contribution in [0, 0.1) is 0 Å². The number of carbonyl (C=O) groups is 2. The number of alkyl halides is 10. The number of hydrogen-bond acceptors (Lipinski definition) is 2. The average molecular weight is 308 g/mol. The fraction of sp³-hybridized carbons (Fsp3) is 0.714. The third-order valence-electron chi connectivity index (χ3n) is 1.73. The van der Waals surface area contributed by atoms with Crippen molar-refractivity contribution in [1.29, 1.82) is 0 Å². The molecular formula is C7H2F10O2. The molecule has 0 fully saturated rings. The van der Waals surface area contributed by atoms with E-state index in [0.717, 1.165) is 0 Å². The van der Waals surface area contributed by atoms with Gasteiger partial charge in [0.1, 0.15) is 0 Å². The molecular weight excluding hydrogens is 306 g/mol. The largest absolute Gasteiger partial charge is 0.461 e. The molecule has 0 atom stereocenters. The molecule has 0 bridgehead atoms. The predicted molar refractivity (Wildman–Crippen MR) is 36.6 cm³/mol. The van der Waals surface area contributed by atoms with Crippen LogP contribution in [0.2, 0.25) is 0 Å². The molecule has 0 aromatic heterocycles. The Morgan fingerprint density at radius 1 is 0.579 bits per heavy atom. The molecule has 0 saturated carbocycles. The molecule has 112 valence electrons. The molecule has 0 aliphatic rings. The van der Waals surface area contributed by atoms with E-state index in [1.54, 1.807) is 0 Å². The van der Waals surface area contributed by atoms with Crippen molar-refractivity contribution < 1.29 is 53.5 Å². The molecule has 0 aliphatic heterocycles. The van der Waals surface area contributed by atoms with Gasteiger partial charge in [-0.2, -0.15) is 43.9 Å².